The van der Waals surface area contributed by atoms with Crippen molar-refractivity contribution in [2.75, 3.05) is 0 Å². The number of hydrogen-bond acceptors (Lipinski definition) is 2. The van der Waals surface area contributed by atoms with E-state index in [9.17, 15) is 0 Å². The largest absolute Gasteiger partial charge is 0.320 e. The lowest BCUT2D eigenvalue weighted by atomic mass is 9.98. The molecular weight excluding hydrogens is 330 g/mol. The summed E-state index contributed by atoms with van der Waals surface area (Å²) in [5, 5.41) is 2.43. The van der Waals surface area contributed by atoms with Gasteiger partial charge in [0.05, 0.1) is 6.04 Å². The highest BCUT2D eigenvalue weighted by atomic mass is 79.9. The molecule has 0 spiro atoms. The molecule has 3 aromatic rings. The molecule has 1 heterocycles. The third-order valence-corrected chi connectivity index (χ3v) is 5.66. The van der Waals surface area contributed by atoms with Crippen LogP contribution >= 0.6 is 27.3 Å². The average Bonchev–Trinajstić information content (AvgIpc) is 2.79. The number of nitrogens with two attached hydrogens (primary N) is 1. The predicted molar refractivity (Wildman–Crippen MR) is 91.5 cm³/mol. The van der Waals surface area contributed by atoms with E-state index in [0.717, 1.165) is 4.47 Å². The molecule has 2 N–H and O–H groups in total. The van der Waals surface area contributed by atoms with Gasteiger partial charge in [0.1, 0.15) is 0 Å². The van der Waals surface area contributed by atoms with Gasteiger partial charge in [0.25, 0.3) is 0 Å². The van der Waals surface area contributed by atoms with Gasteiger partial charge in [-0.2, -0.15) is 0 Å². The van der Waals surface area contributed by atoms with Gasteiger partial charge < -0.3 is 5.73 Å². The first-order valence-electron chi connectivity index (χ1n) is 6.57. The molecule has 0 amide bonds. The van der Waals surface area contributed by atoms with Crippen LogP contribution in [0.15, 0.2) is 46.9 Å². The van der Waals surface area contributed by atoms with Crippen LogP contribution in [0.5, 0.6) is 0 Å². The van der Waals surface area contributed by atoms with E-state index >= 15 is 0 Å². The maximum atomic E-state index is 6.51. The maximum absolute atomic E-state index is 6.51. The van der Waals surface area contributed by atoms with Gasteiger partial charge in [-0.1, -0.05) is 46.3 Å². The molecule has 3 heteroatoms. The summed E-state index contributed by atoms with van der Waals surface area (Å²) >= 11 is 5.41. The van der Waals surface area contributed by atoms with Gasteiger partial charge in [-0.25, -0.2) is 0 Å². The number of halogens is 1. The van der Waals surface area contributed by atoms with Crippen LogP contribution in [0.3, 0.4) is 0 Å². The van der Waals surface area contributed by atoms with Gasteiger partial charge in [0, 0.05) is 14.2 Å². The van der Waals surface area contributed by atoms with Crippen molar-refractivity contribution in [2.24, 2.45) is 5.73 Å². The fourth-order valence-corrected chi connectivity index (χ4v) is 4.01. The first-order valence-corrected chi connectivity index (χ1v) is 8.18. The highest BCUT2D eigenvalue weighted by Crippen LogP contribution is 2.35. The molecule has 0 radical (unpaired) electrons. The first-order chi connectivity index (χ1) is 9.58. The average molecular weight is 346 g/mol. The number of benzene rings is 2. The van der Waals surface area contributed by atoms with Gasteiger partial charge in [-0.15, -0.1) is 11.3 Å². The lowest BCUT2D eigenvalue weighted by Gasteiger charge is -2.14. The Morgan fingerprint density at radius 3 is 2.40 bits per heavy atom. The van der Waals surface area contributed by atoms with E-state index < -0.39 is 0 Å². The summed E-state index contributed by atoms with van der Waals surface area (Å²) in [7, 11) is 0. The zero-order valence-corrected chi connectivity index (χ0v) is 13.9. The van der Waals surface area contributed by atoms with Crippen molar-refractivity contribution in [2.45, 2.75) is 19.9 Å². The standard InChI is InChI=1S/C17H16BrNS/c1-10-9-16(20-11(10)2)17(19)14-7-8-15(18)13-6-4-3-5-12(13)14/h3-9,17H,19H2,1-2H3. The van der Waals surface area contributed by atoms with E-state index in [1.165, 1.54) is 31.7 Å². The van der Waals surface area contributed by atoms with E-state index in [2.05, 4.69) is 72.2 Å². The minimum Gasteiger partial charge on any atom is -0.320 e. The molecular formula is C17H16BrNS. The van der Waals surface area contributed by atoms with E-state index in [0.29, 0.717) is 0 Å². The summed E-state index contributed by atoms with van der Waals surface area (Å²) < 4.78 is 1.11. The summed E-state index contributed by atoms with van der Waals surface area (Å²) in [6.07, 6.45) is 0. The van der Waals surface area contributed by atoms with Crippen LogP contribution in [0.1, 0.15) is 26.9 Å². The number of fused-ring (bicyclic) bond motifs is 1. The Labute approximate surface area is 131 Å². The Hall–Kier alpha value is -1.16. The summed E-state index contributed by atoms with van der Waals surface area (Å²) in [5.74, 6) is 0. The SMILES string of the molecule is Cc1cc(C(N)c2ccc(Br)c3ccccc23)sc1C. The van der Waals surface area contributed by atoms with Gasteiger partial charge in [-0.05, 0) is 47.9 Å². The molecule has 1 aromatic heterocycles. The second-order valence-electron chi connectivity index (χ2n) is 5.05. The lowest BCUT2D eigenvalue weighted by Crippen LogP contribution is -2.10. The van der Waals surface area contributed by atoms with Crippen molar-refractivity contribution in [3.05, 3.63) is 67.8 Å². The highest BCUT2D eigenvalue weighted by molar-refractivity contribution is 9.10. The zero-order valence-electron chi connectivity index (χ0n) is 11.5. The Morgan fingerprint density at radius 1 is 1.05 bits per heavy atom. The Balaban J connectivity index is 2.17. The van der Waals surface area contributed by atoms with Crippen LogP contribution in [-0.4, -0.2) is 0 Å². The van der Waals surface area contributed by atoms with Crippen molar-refractivity contribution in [1.82, 2.24) is 0 Å². The zero-order chi connectivity index (χ0) is 14.3. The predicted octanol–water partition coefficient (Wildman–Crippen LogP) is 5.33. The molecule has 20 heavy (non-hydrogen) atoms. The molecule has 1 unspecified atom stereocenters. The van der Waals surface area contributed by atoms with E-state index in [4.69, 9.17) is 5.73 Å². The molecule has 2 aromatic carbocycles. The van der Waals surface area contributed by atoms with Gasteiger partial charge in [0.2, 0.25) is 0 Å². The first kappa shape index (κ1) is 13.8. The van der Waals surface area contributed by atoms with Crippen LogP contribution in [0.25, 0.3) is 10.8 Å². The third kappa shape index (κ3) is 2.30. The highest BCUT2D eigenvalue weighted by Gasteiger charge is 2.15. The van der Waals surface area contributed by atoms with Gasteiger partial charge >= 0.3 is 0 Å². The Kier molecular flexibility index (Phi) is 3.67. The summed E-state index contributed by atoms with van der Waals surface area (Å²) in [6.45, 7) is 4.29. The van der Waals surface area contributed by atoms with Crippen molar-refractivity contribution in [3.8, 4) is 0 Å². The van der Waals surface area contributed by atoms with Gasteiger partial charge in [-0.3, -0.25) is 0 Å². The molecule has 0 aliphatic rings. The third-order valence-electron chi connectivity index (χ3n) is 3.73. The number of rotatable bonds is 2. The summed E-state index contributed by atoms with van der Waals surface area (Å²) in [6, 6.07) is 14.7. The number of hydrogen-bond donors (Lipinski definition) is 1. The molecule has 0 aliphatic carbocycles. The molecule has 3 rings (SSSR count). The molecule has 1 nitrogen and oxygen atoms in total. The van der Waals surface area contributed by atoms with Crippen molar-refractivity contribution >= 4 is 38.0 Å². The van der Waals surface area contributed by atoms with Crippen LogP contribution < -0.4 is 5.73 Å². The number of thiophene rings is 1. The molecule has 0 saturated heterocycles. The molecule has 0 aliphatic heterocycles. The smallest absolute Gasteiger partial charge is 0.0652 e. The monoisotopic (exact) mass is 345 g/mol. The van der Waals surface area contributed by atoms with Crippen LogP contribution in [0, 0.1) is 13.8 Å². The van der Waals surface area contributed by atoms with Crippen molar-refractivity contribution < 1.29 is 0 Å². The summed E-state index contributed by atoms with van der Waals surface area (Å²) in [4.78, 5) is 2.57. The minimum atomic E-state index is -0.0644. The van der Waals surface area contributed by atoms with Gasteiger partial charge in [0.15, 0.2) is 0 Å². The molecule has 0 bridgehead atoms. The molecule has 0 saturated carbocycles. The molecule has 0 fully saturated rings. The fraction of sp³-hybridized carbons (Fsp3) is 0.176. The summed E-state index contributed by atoms with van der Waals surface area (Å²) in [5.41, 5.74) is 9.02. The Bertz CT molecular complexity index is 756. The van der Waals surface area contributed by atoms with Crippen LogP contribution in [0.2, 0.25) is 0 Å². The second kappa shape index (κ2) is 5.32. The molecule has 102 valence electrons. The van der Waals surface area contributed by atoms with Crippen LogP contribution in [0.4, 0.5) is 0 Å². The topological polar surface area (TPSA) is 26.0 Å². The number of aryl methyl sites for hydroxylation is 2. The second-order valence-corrected chi connectivity index (χ2v) is 7.19. The van der Waals surface area contributed by atoms with E-state index in [1.807, 2.05) is 0 Å². The minimum absolute atomic E-state index is 0.0644. The molecule has 1 atom stereocenters. The quantitative estimate of drug-likeness (QED) is 0.667. The maximum Gasteiger partial charge on any atom is 0.0652 e. The Morgan fingerprint density at radius 2 is 1.75 bits per heavy atom. The van der Waals surface area contributed by atoms with Crippen molar-refractivity contribution in [3.63, 3.8) is 0 Å². The van der Waals surface area contributed by atoms with Crippen LogP contribution in [-0.2, 0) is 0 Å². The fourth-order valence-electron chi connectivity index (χ4n) is 2.47. The lowest BCUT2D eigenvalue weighted by molar-refractivity contribution is 0.902. The van der Waals surface area contributed by atoms with Crippen molar-refractivity contribution in [1.29, 1.82) is 0 Å². The normalized spacial score (nSPS) is 12.8. The van der Waals surface area contributed by atoms with E-state index in [1.54, 1.807) is 11.3 Å². The van der Waals surface area contributed by atoms with E-state index in [-0.39, 0.29) is 6.04 Å².